The van der Waals surface area contributed by atoms with E-state index in [9.17, 15) is 4.79 Å². The van der Waals surface area contributed by atoms with Crippen LogP contribution >= 0.6 is 0 Å². The first-order valence-electron chi connectivity index (χ1n) is 9.13. The summed E-state index contributed by atoms with van der Waals surface area (Å²) >= 11 is 0. The summed E-state index contributed by atoms with van der Waals surface area (Å²) in [5, 5.41) is 3.32. The van der Waals surface area contributed by atoms with E-state index in [-0.39, 0.29) is 5.41 Å². The quantitative estimate of drug-likeness (QED) is 0.863. The first-order valence-corrected chi connectivity index (χ1v) is 9.13. The fourth-order valence-corrected chi connectivity index (χ4v) is 6.27. The SMILES string of the molecule is CN1CCCC1CCNC(=O)C12CC3CC(CC(C3)C1)C2. The molecular weight excluding hydrogens is 260 g/mol. The van der Waals surface area contributed by atoms with Crippen LogP contribution in [0.4, 0.5) is 0 Å². The van der Waals surface area contributed by atoms with Crippen LogP contribution in [0.25, 0.3) is 0 Å². The van der Waals surface area contributed by atoms with E-state index in [4.69, 9.17) is 0 Å². The van der Waals surface area contributed by atoms with Crippen LogP contribution in [0.3, 0.4) is 0 Å². The average Bonchev–Trinajstić information content (AvgIpc) is 2.83. The second-order valence-electron chi connectivity index (χ2n) is 8.52. The van der Waals surface area contributed by atoms with Crippen molar-refractivity contribution >= 4 is 5.91 Å². The second-order valence-corrected chi connectivity index (χ2v) is 8.52. The molecule has 0 radical (unpaired) electrons. The number of likely N-dealkylation sites (tertiary alicyclic amines) is 1. The Morgan fingerprint density at radius 3 is 2.29 bits per heavy atom. The van der Waals surface area contributed by atoms with Crippen molar-refractivity contribution in [3.8, 4) is 0 Å². The predicted molar refractivity (Wildman–Crippen MR) is 83.9 cm³/mol. The number of hydrogen-bond acceptors (Lipinski definition) is 2. The Morgan fingerprint density at radius 1 is 1.14 bits per heavy atom. The van der Waals surface area contributed by atoms with Gasteiger partial charge in [-0.3, -0.25) is 4.79 Å². The number of nitrogens with zero attached hydrogens (tertiary/aromatic N) is 1. The molecule has 0 aromatic heterocycles. The molecule has 0 spiro atoms. The Balaban J connectivity index is 1.32. The first kappa shape index (κ1) is 14.0. The van der Waals surface area contributed by atoms with Gasteiger partial charge in [-0.1, -0.05) is 0 Å². The van der Waals surface area contributed by atoms with Crippen LogP contribution in [0.5, 0.6) is 0 Å². The maximum atomic E-state index is 12.8. The van der Waals surface area contributed by atoms with Crippen LogP contribution in [0, 0.1) is 23.2 Å². The van der Waals surface area contributed by atoms with E-state index >= 15 is 0 Å². The van der Waals surface area contributed by atoms with E-state index in [0.717, 1.165) is 30.7 Å². The number of nitrogens with one attached hydrogen (secondary N) is 1. The molecule has 1 amide bonds. The summed E-state index contributed by atoms with van der Waals surface area (Å²) in [6.07, 6.45) is 11.6. The Morgan fingerprint density at radius 2 is 1.76 bits per heavy atom. The van der Waals surface area contributed by atoms with Crippen LogP contribution in [-0.4, -0.2) is 37.0 Å². The summed E-state index contributed by atoms with van der Waals surface area (Å²) in [5.74, 6) is 3.00. The maximum absolute atomic E-state index is 12.8. The number of amides is 1. The minimum atomic E-state index is 0.0380. The van der Waals surface area contributed by atoms with Gasteiger partial charge in [0.1, 0.15) is 0 Å². The molecule has 3 heteroatoms. The highest BCUT2D eigenvalue weighted by molar-refractivity contribution is 5.83. The van der Waals surface area contributed by atoms with Crippen molar-refractivity contribution in [2.45, 2.75) is 63.8 Å². The lowest BCUT2D eigenvalue weighted by Gasteiger charge is -2.55. The van der Waals surface area contributed by atoms with Gasteiger partial charge in [-0.15, -0.1) is 0 Å². The molecule has 1 heterocycles. The first-order chi connectivity index (χ1) is 10.1. The van der Waals surface area contributed by atoms with Gasteiger partial charge in [0.15, 0.2) is 0 Å². The third-order valence-electron chi connectivity index (χ3n) is 6.95. The van der Waals surface area contributed by atoms with E-state index in [1.807, 2.05) is 0 Å². The standard InChI is InChI=1S/C18H30N2O/c1-20-6-2-3-16(20)4-5-19-17(21)18-10-13-7-14(11-18)9-15(8-13)12-18/h13-16H,2-12H2,1H3,(H,19,21). The molecule has 1 atom stereocenters. The monoisotopic (exact) mass is 290 g/mol. The molecular formula is C18H30N2O. The Bertz CT molecular complexity index is 384. The van der Waals surface area contributed by atoms with Crippen LogP contribution in [0.15, 0.2) is 0 Å². The van der Waals surface area contributed by atoms with Crippen molar-refractivity contribution < 1.29 is 4.79 Å². The van der Waals surface area contributed by atoms with E-state index in [1.165, 1.54) is 57.9 Å². The molecule has 1 unspecified atom stereocenters. The lowest BCUT2D eigenvalue weighted by molar-refractivity contribution is -0.146. The molecule has 4 bridgehead atoms. The lowest BCUT2D eigenvalue weighted by atomic mass is 9.49. The number of rotatable bonds is 4. The van der Waals surface area contributed by atoms with Crippen LogP contribution in [0.1, 0.15) is 57.8 Å². The number of carbonyl (C=O) groups excluding carboxylic acids is 1. The van der Waals surface area contributed by atoms with E-state index in [0.29, 0.717) is 11.9 Å². The summed E-state index contributed by atoms with van der Waals surface area (Å²) < 4.78 is 0. The Hall–Kier alpha value is -0.570. The highest BCUT2D eigenvalue weighted by Gasteiger charge is 2.54. The fourth-order valence-electron chi connectivity index (χ4n) is 6.27. The largest absolute Gasteiger partial charge is 0.356 e. The van der Waals surface area contributed by atoms with Gasteiger partial charge in [0, 0.05) is 18.0 Å². The van der Waals surface area contributed by atoms with Gasteiger partial charge < -0.3 is 10.2 Å². The zero-order valence-electron chi connectivity index (χ0n) is 13.4. The Labute approximate surface area is 128 Å². The lowest BCUT2D eigenvalue weighted by Crippen LogP contribution is -2.53. The highest BCUT2D eigenvalue weighted by atomic mass is 16.2. The van der Waals surface area contributed by atoms with E-state index in [1.54, 1.807) is 0 Å². The molecule has 118 valence electrons. The molecule has 21 heavy (non-hydrogen) atoms. The summed E-state index contributed by atoms with van der Waals surface area (Å²) in [4.78, 5) is 15.3. The van der Waals surface area contributed by atoms with Crippen LogP contribution in [0.2, 0.25) is 0 Å². The van der Waals surface area contributed by atoms with Gasteiger partial charge in [0.2, 0.25) is 5.91 Å². The maximum Gasteiger partial charge on any atom is 0.226 e. The van der Waals surface area contributed by atoms with Crippen molar-refractivity contribution in [2.75, 3.05) is 20.1 Å². The molecule has 4 aliphatic carbocycles. The van der Waals surface area contributed by atoms with Crippen molar-refractivity contribution in [3.63, 3.8) is 0 Å². The van der Waals surface area contributed by atoms with Crippen LogP contribution < -0.4 is 5.32 Å². The van der Waals surface area contributed by atoms with Gasteiger partial charge in [0.25, 0.3) is 0 Å². The van der Waals surface area contributed by atoms with Gasteiger partial charge in [-0.2, -0.15) is 0 Å². The van der Waals surface area contributed by atoms with Gasteiger partial charge in [-0.25, -0.2) is 0 Å². The molecule has 0 aromatic rings. The Kier molecular flexibility index (Phi) is 3.52. The van der Waals surface area contributed by atoms with Crippen molar-refractivity contribution in [1.82, 2.24) is 10.2 Å². The fraction of sp³-hybridized carbons (Fsp3) is 0.944. The smallest absolute Gasteiger partial charge is 0.226 e. The molecule has 0 aromatic carbocycles. The minimum Gasteiger partial charge on any atom is -0.356 e. The third-order valence-corrected chi connectivity index (χ3v) is 6.95. The average molecular weight is 290 g/mol. The number of hydrogen-bond donors (Lipinski definition) is 1. The van der Waals surface area contributed by atoms with Gasteiger partial charge in [0.05, 0.1) is 0 Å². The highest BCUT2D eigenvalue weighted by Crippen LogP contribution is 2.60. The summed E-state index contributed by atoms with van der Waals surface area (Å²) in [6, 6.07) is 0.696. The van der Waals surface area contributed by atoms with Crippen molar-refractivity contribution in [3.05, 3.63) is 0 Å². The van der Waals surface area contributed by atoms with Crippen LogP contribution in [-0.2, 0) is 4.79 Å². The molecule has 1 N–H and O–H groups in total. The van der Waals surface area contributed by atoms with Gasteiger partial charge >= 0.3 is 0 Å². The molecule has 4 saturated carbocycles. The summed E-state index contributed by atoms with van der Waals surface area (Å²) in [5.41, 5.74) is 0.0380. The summed E-state index contributed by atoms with van der Waals surface area (Å²) in [6.45, 7) is 2.11. The van der Waals surface area contributed by atoms with Gasteiger partial charge in [-0.05, 0) is 89.1 Å². The molecule has 1 saturated heterocycles. The minimum absolute atomic E-state index is 0.0380. The molecule has 5 rings (SSSR count). The molecule has 5 aliphatic rings. The zero-order valence-corrected chi connectivity index (χ0v) is 13.4. The number of carbonyl (C=O) groups is 1. The normalized spacial score (nSPS) is 45.2. The van der Waals surface area contributed by atoms with Crippen molar-refractivity contribution in [1.29, 1.82) is 0 Å². The second kappa shape index (κ2) is 5.26. The molecule has 3 nitrogen and oxygen atoms in total. The molecule has 5 fully saturated rings. The topological polar surface area (TPSA) is 32.3 Å². The predicted octanol–water partition coefficient (Wildman–Crippen LogP) is 2.80. The van der Waals surface area contributed by atoms with Crippen molar-refractivity contribution in [2.24, 2.45) is 23.2 Å². The zero-order chi connectivity index (χ0) is 14.4. The van der Waals surface area contributed by atoms with E-state index < -0.39 is 0 Å². The third kappa shape index (κ3) is 2.52. The molecule has 1 aliphatic heterocycles. The summed E-state index contributed by atoms with van der Waals surface area (Å²) in [7, 11) is 2.22. The van der Waals surface area contributed by atoms with E-state index in [2.05, 4.69) is 17.3 Å².